The zero-order valence-corrected chi connectivity index (χ0v) is 15.0. The molecule has 2 aromatic heterocycles. The van der Waals surface area contributed by atoms with E-state index in [1.54, 1.807) is 16.7 Å². The Labute approximate surface area is 152 Å². The van der Waals surface area contributed by atoms with Crippen LogP contribution in [0.5, 0.6) is 0 Å². The molecule has 126 valence electrons. The van der Waals surface area contributed by atoms with Gasteiger partial charge >= 0.3 is 0 Å². The Bertz CT molecular complexity index is 947. The Hall–Kier alpha value is -2.51. The normalized spacial score (nSPS) is 14.0. The Morgan fingerprint density at radius 3 is 3.00 bits per heavy atom. The summed E-state index contributed by atoms with van der Waals surface area (Å²) >= 11 is 3.07. The molecule has 0 bridgehead atoms. The maximum atomic E-state index is 12.5. The van der Waals surface area contributed by atoms with Gasteiger partial charge in [-0.15, -0.1) is 11.3 Å². The van der Waals surface area contributed by atoms with E-state index in [0.717, 1.165) is 27.4 Å². The van der Waals surface area contributed by atoms with Gasteiger partial charge in [-0.25, -0.2) is 4.98 Å². The summed E-state index contributed by atoms with van der Waals surface area (Å²) < 4.78 is 0. The summed E-state index contributed by atoms with van der Waals surface area (Å²) in [5.41, 5.74) is 4.26. The van der Waals surface area contributed by atoms with Crippen molar-refractivity contribution in [1.82, 2.24) is 10.3 Å². The number of thiophene rings is 1. The van der Waals surface area contributed by atoms with Gasteiger partial charge in [-0.2, -0.15) is 11.3 Å². The molecule has 3 aromatic rings. The molecule has 0 fully saturated rings. The Kier molecular flexibility index (Phi) is 4.10. The standard InChI is InChI=1S/C18H15N3O2S2/c1-10(11-2-3-14-13(6-11)7-16(22)20-14)19-17(23)15-9-25-18(21-15)12-4-5-24-8-12/h2-6,8-10H,7H2,1H3,(H,19,23)(H,20,22). The first-order valence-corrected chi connectivity index (χ1v) is 9.64. The molecule has 3 heterocycles. The highest BCUT2D eigenvalue weighted by Crippen LogP contribution is 2.28. The summed E-state index contributed by atoms with van der Waals surface area (Å²) in [7, 11) is 0. The van der Waals surface area contributed by atoms with Gasteiger partial charge in [0.05, 0.1) is 12.5 Å². The van der Waals surface area contributed by atoms with Gasteiger partial charge in [-0.1, -0.05) is 12.1 Å². The molecule has 5 nitrogen and oxygen atoms in total. The van der Waals surface area contributed by atoms with Crippen LogP contribution in [0.1, 0.15) is 34.6 Å². The van der Waals surface area contributed by atoms with E-state index in [4.69, 9.17) is 0 Å². The van der Waals surface area contributed by atoms with E-state index >= 15 is 0 Å². The molecule has 1 atom stereocenters. The van der Waals surface area contributed by atoms with Crippen LogP contribution in [0.25, 0.3) is 10.6 Å². The molecule has 2 N–H and O–H groups in total. The maximum Gasteiger partial charge on any atom is 0.271 e. The molecule has 0 radical (unpaired) electrons. The van der Waals surface area contributed by atoms with Crippen LogP contribution in [0, 0.1) is 0 Å². The van der Waals surface area contributed by atoms with Crippen molar-refractivity contribution >= 4 is 40.2 Å². The quantitative estimate of drug-likeness (QED) is 0.734. The number of amides is 2. The van der Waals surface area contributed by atoms with Gasteiger partial charge in [0, 0.05) is 22.0 Å². The van der Waals surface area contributed by atoms with Gasteiger partial charge in [0.15, 0.2) is 0 Å². The predicted molar refractivity (Wildman–Crippen MR) is 100 cm³/mol. The van der Waals surface area contributed by atoms with Crippen molar-refractivity contribution < 1.29 is 9.59 Å². The van der Waals surface area contributed by atoms with Gasteiger partial charge < -0.3 is 10.6 Å². The zero-order valence-electron chi connectivity index (χ0n) is 13.4. The van der Waals surface area contributed by atoms with Crippen molar-refractivity contribution in [2.24, 2.45) is 0 Å². The van der Waals surface area contributed by atoms with Crippen molar-refractivity contribution in [1.29, 1.82) is 0 Å². The summed E-state index contributed by atoms with van der Waals surface area (Å²) in [6, 6.07) is 7.60. The minimum Gasteiger partial charge on any atom is -0.344 e. The summed E-state index contributed by atoms with van der Waals surface area (Å²) in [6.07, 6.45) is 0.389. The molecular weight excluding hydrogens is 354 g/mol. The average Bonchev–Trinajstić information content (AvgIpc) is 3.32. The molecule has 1 aromatic carbocycles. The lowest BCUT2D eigenvalue weighted by Crippen LogP contribution is -2.26. The van der Waals surface area contributed by atoms with Crippen LogP contribution < -0.4 is 10.6 Å². The van der Waals surface area contributed by atoms with Crippen molar-refractivity contribution in [2.45, 2.75) is 19.4 Å². The number of anilines is 1. The van der Waals surface area contributed by atoms with E-state index in [0.29, 0.717) is 12.1 Å². The first-order valence-electron chi connectivity index (χ1n) is 7.82. The summed E-state index contributed by atoms with van der Waals surface area (Å²) in [6.45, 7) is 1.93. The molecule has 1 unspecified atom stereocenters. The van der Waals surface area contributed by atoms with Crippen LogP contribution in [0.3, 0.4) is 0 Å². The number of nitrogens with zero attached hydrogens (tertiary/aromatic N) is 1. The van der Waals surface area contributed by atoms with E-state index in [1.165, 1.54) is 11.3 Å². The fourth-order valence-electron chi connectivity index (χ4n) is 2.77. The first kappa shape index (κ1) is 16.0. The molecule has 0 saturated carbocycles. The molecule has 4 rings (SSSR count). The van der Waals surface area contributed by atoms with E-state index in [9.17, 15) is 9.59 Å². The highest BCUT2D eigenvalue weighted by Gasteiger charge is 2.20. The number of benzene rings is 1. The molecule has 7 heteroatoms. The number of carbonyl (C=O) groups excluding carboxylic acids is 2. The molecule has 25 heavy (non-hydrogen) atoms. The van der Waals surface area contributed by atoms with E-state index in [2.05, 4.69) is 15.6 Å². The number of hydrogen-bond acceptors (Lipinski definition) is 5. The summed E-state index contributed by atoms with van der Waals surface area (Å²) in [5.74, 6) is -0.188. The summed E-state index contributed by atoms with van der Waals surface area (Å²) in [5, 5.41) is 12.4. The maximum absolute atomic E-state index is 12.5. The zero-order chi connectivity index (χ0) is 17.4. The smallest absolute Gasteiger partial charge is 0.271 e. The number of nitrogens with one attached hydrogen (secondary N) is 2. The second-order valence-corrected chi connectivity index (χ2v) is 7.52. The summed E-state index contributed by atoms with van der Waals surface area (Å²) in [4.78, 5) is 28.3. The molecule has 1 aliphatic rings. The number of fused-ring (bicyclic) bond motifs is 1. The predicted octanol–water partition coefficient (Wildman–Crippen LogP) is 3.86. The van der Waals surface area contributed by atoms with Crippen LogP contribution in [0.2, 0.25) is 0 Å². The van der Waals surface area contributed by atoms with Crippen LogP contribution in [-0.2, 0) is 11.2 Å². The largest absolute Gasteiger partial charge is 0.344 e. The second-order valence-electron chi connectivity index (χ2n) is 5.89. The van der Waals surface area contributed by atoms with Crippen LogP contribution in [-0.4, -0.2) is 16.8 Å². The third kappa shape index (κ3) is 3.20. The van der Waals surface area contributed by atoms with Crippen molar-refractivity contribution in [3.05, 3.63) is 57.2 Å². The van der Waals surface area contributed by atoms with E-state index in [1.807, 2.05) is 41.9 Å². The highest BCUT2D eigenvalue weighted by atomic mass is 32.1. The number of thiazole rings is 1. The van der Waals surface area contributed by atoms with Gasteiger partial charge in [0.2, 0.25) is 5.91 Å². The third-order valence-corrected chi connectivity index (χ3v) is 5.68. The molecule has 0 aliphatic carbocycles. The molecule has 0 spiro atoms. The lowest BCUT2D eigenvalue weighted by molar-refractivity contribution is -0.115. The molecule has 1 aliphatic heterocycles. The Morgan fingerprint density at radius 2 is 2.20 bits per heavy atom. The lowest BCUT2D eigenvalue weighted by atomic mass is 10.0. The number of carbonyl (C=O) groups is 2. The van der Waals surface area contributed by atoms with Crippen LogP contribution >= 0.6 is 22.7 Å². The molecule has 0 saturated heterocycles. The highest BCUT2D eigenvalue weighted by molar-refractivity contribution is 7.14. The van der Waals surface area contributed by atoms with Gasteiger partial charge in [-0.3, -0.25) is 9.59 Å². The minimum atomic E-state index is -0.195. The lowest BCUT2D eigenvalue weighted by Gasteiger charge is -2.14. The SMILES string of the molecule is CC(NC(=O)c1csc(-c2ccsc2)n1)c1ccc2c(c1)CC(=O)N2. The topological polar surface area (TPSA) is 71.1 Å². The molecular formula is C18H15N3O2S2. The van der Waals surface area contributed by atoms with Gasteiger partial charge in [-0.05, 0) is 35.6 Å². The second kappa shape index (κ2) is 6.42. The monoisotopic (exact) mass is 369 g/mol. The Morgan fingerprint density at radius 1 is 1.32 bits per heavy atom. The fraction of sp³-hybridized carbons (Fsp3) is 0.167. The van der Waals surface area contributed by atoms with Crippen molar-refractivity contribution in [3.8, 4) is 10.6 Å². The fourth-order valence-corrected chi connectivity index (χ4v) is 4.28. The van der Waals surface area contributed by atoms with Crippen LogP contribution in [0.15, 0.2) is 40.4 Å². The average molecular weight is 369 g/mol. The first-order chi connectivity index (χ1) is 12.1. The number of aromatic nitrogens is 1. The van der Waals surface area contributed by atoms with Gasteiger partial charge in [0.1, 0.15) is 10.7 Å². The van der Waals surface area contributed by atoms with E-state index in [-0.39, 0.29) is 17.9 Å². The Balaban J connectivity index is 1.48. The van der Waals surface area contributed by atoms with Crippen molar-refractivity contribution in [3.63, 3.8) is 0 Å². The number of hydrogen-bond donors (Lipinski definition) is 2. The minimum absolute atomic E-state index is 0.00673. The third-order valence-electron chi connectivity index (χ3n) is 4.11. The van der Waals surface area contributed by atoms with Crippen molar-refractivity contribution in [2.75, 3.05) is 5.32 Å². The van der Waals surface area contributed by atoms with Crippen LogP contribution in [0.4, 0.5) is 5.69 Å². The van der Waals surface area contributed by atoms with Gasteiger partial charge in [0.25, 0.3) is 5.91 Å². The van der Waals surface area contributed by atoms with E-state index < -0.39 is 0 Å². The molecule has 2 amide bonds. The number of rotatable bonds is 4.